The van der Waals surface area contributed by atoms with Gasteiger partial charge in [0.25, 0.3) is 5.69 Å². The third-order valence-corrected chi connectivity index (χ3v) is 8.22. The van der Waals surface area contributed by atoms with Crippen molar-refractivity contribution < 1.29 is 14.4 Å². The summed E-state index contributed by atoms with van der Waals surface area (Å²) >= 11 is 22.3. The van der Waals surface area contributed by atoms with Crippen LogP contribution in [0.1, 0.15) is 35.1 Å². The van der Waals surface area contributed by atoms with E-state index in [2.05, 4.69) is 33.4 Å². The lowest BCUT2D eigenvalue weighted by molar-refractivity contribution is -0.384. The quantitative estimate of drug-likeness (QED) is 0.172. The minimum Gasteiger partial charge on any atom is -0.493 e. The molecule has 1 aliphatic carbocycles. The number of rotatable bonds is 6. The molecule has 3 aromatic rings. The third-order valence-electron chi connectivity index (χ3n) is 6.59. The molecule has 0 aromatic heterocycles. The second-order valence-corrected chi connectivity index (χ2v) is 10.8. The van der Waals surface area contributed by atoms with Crippen molar-refractivity contribution in [2.45, 2.75) is 25.0 Å². The molecule has 10 heteroatoms. The lowest BCUT2D eigenvalue weighted by atomic mass is 9.77. The lowest BCUT2D eigenvalue weighted by Crippen LogP contribution is -2.29. The first-order chi connectivity index (χ1) is 17.3. The standard InChI is InChI=1S/C26H20BrCl3N2O4/c1-35-23-9-14(8-19(27)26(23)36-12-13-5-6-20(28)21(29)7-13)24-17-4-2-3-16(17)18-10-15(32(33)34)11-22(30)25(18)31-24/h2-3,5-11,16-17,24,31H,4,12H2,1H3/t16-,17+,24+/m1/s1. The fourth-order valence-electron chi connectivity index (χ4n) is 4.92. The summed E-state index contributed by atoms with van der Waals surface area (Å²) in [5.74, 6) is 1.32. The molecule has 3 aromatic carbocycles. The number of halogens is 4. The molecule has 3 atom stereocenters. The number of methoxy groups -OCH3 is 1. The molecule has 6 nitrogen and oxygen atoms in total. The minimum absolute atomic E-state index is 0.00839. The number of benzene rings is 3. The summed E-state index contributed by atoms with van der Waals surface area (Å²) in [5, 5.41) is 16.2. The second-order valence-electron chi connectivity index (χ2n) is 8.70. The zero-order valence-electron chi connectivity index (χ0n) is 18.9. The van der Waals surface area contributed by atoms with Crippen LogP contribution in [-0.2, 0) is 6.61 Å². The van der Waals surface area contributed by atoms with Crippen molar-refractivity contribution in [2.24, 2.45) is 5.92 Å². The molecule has 0 saturated carbocycles. The van der Waals surface area contributed by atoms with E-state index in [0.717, 1.165) is 33.3 Å². The van der Waals surface area contributed by atoms with Crippen molar-refractivity contribution in [1.82, 2.24) is 0 Å². The first kappa shape index (κ1) is 25.2. The van der Waals surface area contributed by atoms with E-state index in [1.165, 1.54) is 6.07 Å². The van der Waals surface area contributed by atoms with E-state index in [9.17, 15) is 10.1 Å². The molecule has 1 aliphatic heterocycles. The zero-order valence-corrected chi connectivity index (χ0v) is 22.8. The number of hydrogen-bond acceptors (Lipinski definition) is 5. The van der Waals surface area contributed by atoms with E-state index in [1.807, 2.05) is 18.2 Å². The Morgan fingerprint density at radius 2 is 1.92 bits per heavy atom. The Labute approximate surface area is 231 Å². The zero-order chi connectivity index (χ0) is 25.6. The first-order valence-corrected chi connectivity index (χ1v) is 13.0. The molecular formula is C26H20BrCl3N2O4. The normalized spacial score (nSPS) is 19.9. The highest BCUT2D eigenvalue weighted by atomic mass is 79.9. The molecular weight excluding hydrogens is 591 g/mol. The molecule has 0 radical (unpaired) electrons. The van der Waals surface area contributed by atoms with Gasteiger partial charge in [-0.05, 0) is 69.2 Å². The Hall–Kier alpha value is -2.45. The van der Waals surface area contributed by atoms with Gasteiger partial charge in [-0.3, -0.25) is 10.1 Å². The van der Waals surface area contributed by atoms with Crippen LogP contribution in [0.5, 0.6) is 11.5 Å². The number of allylic oxidation sites excluding steroid dienone is 2. The SMILES string of the molecule is COc1cc([C@@H]2Nc3c(Cl)cc([N+](=O)[O-])cc3[C@@H]3C=CC[C@@H]32)cc(Br)c1OCc1ccc(Cl)c(Cl)c1. The van der Waals surface area contributed by atoms with Crippen molar-refractivity contribution >= 4 is 62.1 Å². The lowest BCUT2D eigenvalue weighted by Gasteiger charge is -2.38. The van der Waals surface area contributed by atoms with Crippen LogP contribution in [0.2, 0.25) is 15.1 Å². The molecule has 2 aliphatic rings. The highest BCUT2D eigenvalue weighted by molar-refractivity contribution is 9.10. The van der Waals surface area contributed by atoms with Gasteiger partial charge in [0.05, 0.1) is 43.3 Å². The van der Waals surface area contributed by atoms with Crippen LogP contribution in [-0.4, -0.2) is 12.0 Å². The van der Waals surface area contributed by atoms with Crippen molar-refractivity contribution in [2.75, 3.05) is 12.4 Å². The van der Waals surface area contributed by atoms with E-state index in [-0.39, 0.29) is 30.2 Å². The van der Waals surface area contributed by atoms with Gasteiger partial charge in [0, 0.05) is 18.1 Å². The minimum atomic E-state index is -0.412. The maximum atomic E-state index is 11.4. The number of nitrogens with zero attached hydrogens (tertiary/aromatic N) is 1. The van der Waals surface area contributed by atoms with Crippen LogP contribution < -0.4 is 14.8 Å². The summed E-state index contributed by atoms with van der Waals surface area (Å²) in [6.45, 7) is 0.281. The molecule has 0 saturated heterocycles. The molecule has 0 bridgehead atoms. The van der Waals surface area contributed by atoms with Gasteiger partial charge in [0.1, 0.15) is 6.61 Å². The largest absolute Gasteiger partial charge is 0.493 e. The number of nitrogens with one attached hydrogen (secondary N) is 1. The summed E-state index contributed by atoms with van der Waals surface area (Å²) in [6, 6.07) is 12.2. The predicted molar refractivity (Wildman–Crippen MR) is 146 cm³/mol. The van der Waals surface area contributed by atoms with Crippen molar-refractivity contribution in [1.29, 1.82) is 0 Å². The molecule has 1 N–H and O–H groups in total. The fourth-order valence-corrected chi connectivity index (χ4v) is 6.09. The second kappa shape index (κ2) is 10.1. The summed E-state index contributed by atoms with van der Waals surface area (Å²) in [6.07, 6.45) is 5.06. The van der Waals surface area contributed by atoms with Crippen LogP contribution >= 0.6 is 50.7 Å². The highest BCUT2D eigenvalue weighted by Crippen LogP contribution is 2.53. The molecule has 1 heterocycles. The van der Waals surface area contributed by atoms with Gasteiger partial charge in [-0.25, -0.2) is 0 Å². The van der Waals surface area contributed by atoms with E-state index < -0.39 is 4.92 Å². The molecule has 0 spiro atoms. The van der Waals surface area contributed by atoms with Crippen molar-refractivity contribution in [3.8, 4) is 11.5 Å². The van der Waals surface area contributed by atoms with Gasteiger partial charge < -0.3 is 14.8 Å². The van der Waals surface area contributed by atoms with Gasteiger partial charge in [0.15, 0.2) is 11.5 Å². The van der Waals surface area contributed by atoms with Crippen LogP contribution in [0.25, 0.3) is 0 Å². The average molecular weight is 611 g/mol. The number of fused-ring (bicyclic) bond motifs is 3. The number of non-ortho nitro benzene ring substituents is 1. The van der Waals surface area contributed by atoms with Crippen LogP contribution in [0, 0.1) is 16.0 Å². The number of ether oxygens (including phenoxy) is 2. The van der Waals surface area contributed by atoms with Gasteiger partial charge >= 0.3 is 0 Å². The number of nitro groups is 1. The summed E-state index contributed by atoms with van der Waals surface area (Å²) < 4.78 is 12.5. The first-order valence-electron chi connectivity index (χ1n) is 11.1. The number of anilines is 1. The molecule has 0 amide bonds. The van der Waals surface area contributed by atoms with Crippen LogP contribution in [0.15, 0.2) is 59.1 Å². The van der Waals surface area contributed by atoms with Crippen LogP contribution in [0.3, 0.4) is 0 Å². The number of nitro benzene ring substituents is 1. The molecule has 0 fully saturated rings. The number of hydrogen-bond donors (Lipinski definition) is 1. The Bertz CT molecular complexity index is 1400. The van der Waals surface area contributed by atoms with E-state index in [4.69, 9.17) is 44.3 Å². The predicted octanol–water partition coefficient (Wildman–Crippen LogP) is 8.73. The smallest absolute Gasteiger partial charge is 0.271 e. The van der Waals surface area contributed by atoms with Crippen molar-refractivity contribution in [3.63, 3.8) is 0 Å². The Kier molecular flexibility index (Phi) is 7.10. The van der Waals surface area contributed by atoms with Gasteiger partial charge in [-0.1, -0.05) is 53.0 Å². The van der Waals surface area contributed by atoms with Gasteiger partial charge in [-0.15, -0.1) is 0 Å². The summed E-state index contributed by atoms with van der Waals surface area (Å²) in [4.78, 5) is 11.0. The Morgan fingerprint density at radius 3 is 2.64 bits per heavy atom. The monoisotopic (exact) mass is 608 g/mol. The fraction of sp³-hybridized carbons (Fsp3) is 0.231. The van der Waals surface area contributed by atoms with E-state index in [1.54, 1.807) is 25.3 Å². The Balaban J connectivity index is 1.47. The average Bonchev–Trinajstić information content (AvgIpc) is 3.35. The molecule has 36 heavy (non-hydrogen) atoms. The van der Waals surface area contributed by atoms with Crippen LogP contribution in [0.4, 0.5) is 11.4 Å². The Morgan fingerprint density at radius 1 is 1.11 bits per heavy atom. The topological polar surface area (TPSA) is 73.6 Å². The summed E-state index contributed by atoms with van der Waals surface area (Å²) in [5.41, 5.74) is 3.41. The van der Waals surface area contributed by atoms with Crippen molar-refractivity contribution in [3.05, 3.63) is 101 Å². The molecule has 0 unspecified atom stereocenters. The molecule has 186 valence electrons. The third kappa shape index (κ3) is 4.65. The maximum absolute atomic E-state index is 11.4. The van der Waals surface area contributed by atoms with E-state index in [0.29, 0.717) is 26.6 Å². The van der Waals surface area contributed by atoms with E-state index >= 15 is 0 Å². The van der Waals surface area contributed by atoms with Gasteiger partial charge in [0.2, 0.25) is 0 Å². The summed E-state index contributed by atoms with van der Waals surface area (Å²) in [7, 11) is 1.59. The maximum Gasteiger partial charge on any atom is 0.271 e. The highest BCUT2D eigenvalue weighted by Gasteiger charge is 2.40. The molecule has 5 rings (SSSR count). The van der Waals surface area contributed by atoms with Gasteiger partial charge in [-0.2, -0.15) is 0 Å².